The molecule has 18 heavy (non-hydrogen) atoms. The molecule has 0 aliphatic heterocycles. The van der Waals surface area contributed by atoms with Crippen LogP contribution in [0.15, 0.2) is 30.3 Å². The Kier molecular flexibility index (Phi) is 6.76. The van der Waals surface area contributed by atoms with Crippen LogP contribution >= 0.6 is 0 Å². The van der Waals surface area contributed by atoms with Gasteiger partial charge in [-0.3, -0.25) is 0 Å². The van der Waals surface area contributed by atoms with Crippen LogP contribution in [0.1, 0.15) is 33.1 Å². The van der Waals surface area contributed by atoms with Gasteiger partial charge in [-0.15, -0.1) is 0 Å². The zero-order valence-corrected chi connectivity index (χ0v) is 11.5. The summed E-state index contributed by atoms with van der Waals surface area (Å²) in [5.74, 6) is 0.912. The first kappa shape index (κ1) is 15.0. The van der Waals surface area contributed by atoms with Crippen molar-refractivity contribution < 1.29 is 9.84 Å². The second-order valence-corrected chi connectivity index (χ2v) is 4.94. The highest BCUT2D eigenvalue weighted by atomic mass is 16.5. The topological polar surface area (TPSA) is 41.5 Å². The highest BCUT2D eigenvalue weighted by Crippen LogP contribution is 2.10. The Morgan fingerprint density at radius 1 is 1.28 bits per heavy atom. The normalized spacial score (nSPS) is 14.2. The van der Waals surface area contributed by atoms with Crippen LogP contribution in [0.2, 0.25) is 0 Å². The van der Waals surface area contributed by atoms with E-state index in [1.54, 1.807) is 0 Å². The van der Waals surface area contributed by atoms with Gasteiger partial charge in [-0.1, -0.05) is 31.5 Å². The Balaban J connectivity index is 2.02. The molecule has 0 saturated heterocycles. The number of rotatable bonds is 9. The number of para-hydroxylation sites is 1. The molecule has 0 radical (unpaired) electrons. The van der Waals surface area contributed by atoms with Gasteiger partial charge < -0.3 is 15.2 Å². The maximum absolute atomic E-state index is 9.96. The van der Waals surface area contributed by atoms with Crippen molar-refractivity contribution >= 4 is 0 Å². The molecule has 0 spiro atoms. The SMILES string of the molecule is CCCC(C)(O)CNCCCOc1ccccc1. The molecule has 0 aliphatic rings. The van der Waals surface area contributed by atoms with E-state index in [0.717, 1.165) is 31.6 Å². The first-order chi connectivity index (χ1) is 8.64. The Labute approximate surface area is 110 Å². The quantitative estimate of drug-likeness (QED) is 0.663. The molecule has 1 aromatic carbocycles. The molecule has 0 heterocycles. The highest BCUT2D eigenvalue weighted by Gasteiger charge is 2.17. The van der Waals surface area contributed by atoms with Crippen molar-refractivity contribution in [3.63, 3.8) is 0 Å². The van der Waals surface area contributed by atoms with Gasteiger partial charge in [0.2, 0.25) is 0 Å². The Morgan fingerprint density at radius 2 is 2.00 bits per heavy atom. The van der Waals surface area contributed by atoms with E-state index < -0.39 is 5.60 Å². The van der Waals surface area contributed by atoms with Crippen LogP contribution in [-0.4, -0.2) is 30.4 Å². The summed E-state index contributed by atoms with van der Waals surface area (Å²) in [7, 11) is 0. The molecule has 1 unspecified atom stereocenters. The summed E-state index contributed by atoms with van der Waals surface area (Å²) in [6, 6.07) is 9.83. The molecular weight excluding hydrogens is 226 g/mol. The zero-order chi connectivity index (χ0) is 13.3. The lowest BCUT2D eigenvalue weighted by Gasteiger charge is -2.23. The van der Waals surface area contributed by atoms with Gasteiger partial charge in [-0.25, -0.2) is 0 Å². The average Bonchev–Trinajstić information content (AvgIpc) is 2.35. The van der Waals surface area contributed by atoms with Crippen molar-refractivity contribution in [2.45, 2.75) is 38.7 Å². The van der Waals surface area contributed by atoms with Gasteiger partial charge in [0, 0.05) is 6.54 Å². The van der Waals surface area contributed by atoms with E-state index in [9.17, 15) is 5.11 Å². The molecule has 0 aromatic heterocycles. The van der Waals surface area contributed by atoms with E-state index in [2.05, 4.69) is 12.2 Å². The predicted octanol–water partition coefficient (Wildman–Crippen LogP) is 2.60. The molecule has 3 heteroatoms. The summed E-state index contributed by atoms with van der Waals surface area (Å²) in [6.45, 7) is 6.18. The van der Waals surface area contributed by atoms with Crippen molar-refractivity contribution in [2.24, 2.45) is 0 Å². The van der Waals surface area contributed by atoms with Crippen LogP contribution in [0.5, 0.6) is 5.75 Å². The molecule has 1 aromatic rings. The van der Waals surface area contributed by atoms with Crippen LogP contribution in [-0.2, 0) is 0 Å². The predicted molar refractivity (Wildman–Crippen MR) is 75.0 cm³/mol. The minimum Gasteiger partial charge on any atom is -0.494 e. The third-order valence-electron chi connectivity index (χ3n) is 2.80. The van der Waals surface area contributed by atoms with Gasteiger partial charge in [0.25, 0.3) is 0 Å². The van der Waals surface area contributed by atoms with Gasteiger partial charge in [0.05, 0.1) is 12.2 Å². The van der Waals surface area contributed by atoms with Gasteiger partial charge in [0.1, 0.15) is 5.75 Å². The summed E-state index contributed by atoms with van der Waals surface area (Å²) >= 11 is 0. The van der Waals surface area contributed by atoms with Crippen molar-refractivity contribution in [3.8, 4) is 5.75 Å². The molecule has 2 N–H and O–H groups in total. The number of hydrogen-bond donors (Lipinski definition) is 2. The maximum Gasteiger partial charge on any atom is 0.119 e. The fourth-order valence-corrected chi connectivity index (χ4v) is 1.89. The van der Waals surface area contributed by atoms with Crippen LogP contribution in [0.4, 0.5) is 0 Å². The van der Waals surface area contributed by atoms with Crippen LogP contribution in [0.3, 0.4) is 0 Å². The van der Waals surface area contributed by atoms with Crippen molar-refractivity contribution in [2.75, 3.05) is 19.7 Å². The summed E-state index contributed by atoms with van der Waals surface area (Å²) in [5.41, 5.74) is -0.588. The summed E-state index contributed by atoms with van der Waals surface area (Å²) < 4.78 is 5.58. The van der Waals surface area contributed by atoms with Gasteiger partial charge in [-0.05, 0) is 38.4 Å². The van der Waals surface area contributed by atoms with Crippen LogP contribution < -0.4 is 10.1 Å². The number of ether oxygens (including phenoxy) is 1. The minimum atomic E-state index is -0.588. The summed E-state index contributed by atoms with van der Waals surface area (Å²) in [6.07, 6.45) is 2.78. The second-order valence-electron chi connectivity index (χ2n) is 4.94. The molecule has 102 valence electrons. The molecular formula is C15H25NO2. The number of benzene rings is 1. The third-order valence-corrected chi connectivity index (χ3v) is 2.80. The van der Waals surface area contributed by atoms with E-state index in [0.29, 0.717) is 13.2 Å². The van der Waals surface area contributed by atoms with E-state index in [1.165, 1.54) is 0 Å². The van der Waals surface area contributed by atoms with E-state index in [4.69, 9.17) is 4.74 Å². The average molecular weight is 251 g/mol. The lowest BCUT2D eigenvalue weighted by Crippen LogP contribution is -2.38. The van der Waals surface area contributed by atoms with Crippen LogP contribution in [0.25, 0.3) is 0 Å². The van der Waals surface area contributed by atoms with Gasteiger partial charge >= 0.3 is 0 Å². The maximum atomic E-state index is 9.96. The van der Waals surface area contributed by atoms with E-state index in [-0.39, 0.29) is 0 Å². The smallest absolute Gasteiger partial charge is 0.119 e. The van der Waals surface area contributed by atoms with Crippen LogP contribution in [0, 0.1) is 0 Å². The molecule has 0 aliphatic carbocycles. The van der Waals surface area contributed by atoms with E-state index >= 15 is 0 Å². The standard InChI is InChI=1S/C15H25NO2/c1-3-10-15(2,17)13-16-11-7-12-18-14-8-5-4-6-9-14/h4-6,8-9,16-17H,3,7,10-13H2,1-2H3. The lowest BCUT2D eigenvalue weighted by molar-refractivity contribution is 0.0499. The lowest BCUT2D eigenvalue weighted by atomic mass is 10.0. The molecule has 0 saturated carbocycles. The molecule has 0 amide bonds. The summed E-state index contributed by atoms with van der Waals surface area (Å²) in [4.78, 5) is 0. The highest BCUT2D eigenvalue weighted by molar-refractivity contribution is 5.20. The molecule has 1 atom stereocenters. The Bertz CT molecular complexity index is 312. The first-order valence-corrected chi connectivity index (χ1v) is 6.75. The Morgan fingerprint density at radius 3 is 2.67 bits per heavy atom. The van der Waals surface area contributed by atoms with Gasteiger partial charge in [-0.2, -0.15) is 0 Å². The van der Waals surface area contributed by atoms with Crippen molar-refractivity contribution in [1.82, 2.24) is 5.32 Å². The minimum absolute atomic E-state index is 0.588. The van der Waals surface area contributed by atoms with Gasteiger partial charge in [0.15, 0.2) is 0 Å². The zero-order valence-electron chi connectivity index (χ0n) is 11.5. The molecule has 0 fully saturated rings. The fourth-order valence-electron chi connectivity index (χ4n) is 1.89. The largest absolute Gasteiger partial charge is 0.494 e. The Hall–Kier alpha value is -1.06. The summed E-state index contributed by atoms with van der Waals surface area (Å²) in [5, 5.41) is 13.2. The van der Waals surface area contributed by atoms with E-state index in [1.807, 2.05) is 37.3 Å². The third kappa shape index (κ3) is 6.62. The van der Waals surface area contributed by atoms with Crippen molar-refractivity contribution in [1.29, 1.82) is 0 Å². The molecule has 3 nitrogen and oxygen atoms in total. The fraction of sp³-hybridized carbons (Fsp3) is 0.600. The second kappa shape index (κ2) is 8.11. The number of nitrogens with one attached hydrogen (secondary N) is 1. The molecule has 0 bridgehead atoms. The molecule has 1 rings (SSSR count). The van der Waals surface area contributed by atoms with Crippen molar-refractivity contribution in [3.05, 3.63) is 30.3 Å². The number of hydrogen-bond acceptors (Lipinski definition) is 3. The number of aliphatic hydroxyl groups is 1. The monoisotopic (exact) mass is 251 g/mol. The first-order valence-electron chi connectivity index (χ1n) is 6.75.